The number of aryl methyl sites for hydroxylation is 2. The molecule has 1 amide bonds. The molecule has 0 saturated heterocycles. The van der Waals surface area contributed by atoms with Crippen LogP contribution in [0.5, 0.6) is 0 Å². The molecule has 2 aromatic heterocycles. The second kappa shape index (κ2) is 5.17. The lowest BCUT2D eigenvalue weighted by molar-refractivity contribution is 0.0956. The Morgan fingerprint density at radius 1 is 1.35 bits per heavy atom. The third-order valence-corrected chi connectivity index (χ3v) is 5.71. The highest BCUT2D eigenvalue weighted by atomic mass is 35.5. The van der Waals surface area contributed by atoms with Gasteiger partial charge < -0.3 is 5.32 Å². The molecule has 2 aromatic rings. The molecule has 0 bridgehead atoms. The molecule has 1 aliphatic rings. The third kappa shape index (κ3) is 2.41. The fourth-order valence-electron chi connectivity index (χ4n) is 2.17. The maximum absolute atomic E-state index is 12.2. The normalized spacial score (nSPS) is 14.8. The van der Waals surface area contributed by atoms with E-state index in [1.165, 1.54) is 24.2 Å². The van der Waals surface area contributed by atoms with E-state index in [2.05, 4.69) is 10.3 Å². The van der Waals surface area contributed by atoms with Gasteiger partial charge in [-0.05, 0) is 38.2 Å². The summed E-state index contributed by atoms with van der Waals surface area (Å²) in [6.45, 7) is 4.49. The average Bonchev–Trinajstić information content (AvgIpc) is 3.18. The number of rotatable bonds is 3. The van der Waals surface area contributed by atoms with Crippen LogP contribution >= 0.6 is 34.5 Å². The fraction of sp³-hybridized carbons (Fsp3) is 0.429. The van der Waals surface area contributed by atoms with Gasteiger partial charge in [0.2, 0.25) is 0 Å². The van der Waals surface area contributed by atoms with E-state index in [-0.39, 0.29) is 5.91 Å². The van der Waals surface area contributed by atoms with Crippen molar-refractivity contribution in [3.8, 4) is 0 Å². The number of hydrogen-bond acceptors (Lipinski definition) is 3. The van der Waals surface area contributed by atoms with E-state index in [1.54, 1.807) is 0 Å². The second-order valence-corrected chi connectivity index (χ2v) is 6.97. The Balaban J connectivity index is 2.01. The van der Waals surface area contributed by atoms with E-state index in [9.17, 15) is 4.79 Å². The van der Waals surface area contributed by atoms with Gasteiger partial charge >= 0.3 is 0 Å². The molecule has 1 fully saturated rings. The van der Waals surface area contributed by atoms with Crippen molar-refractivity contribution in [2.45, 2.75) is 26.7 Å². The van der Waals surface area contributed by atoms with Gasteiger partial charge in [-0.25, -0.2) is 4.98 Å². The molecule has 2 heterocycles. The van der Waals surface area contributed by atoms with Crippen LogP contribution in [0.1, 0.15) is 33.8 Å². The Labute approximate surface area is 131 Å². The summed E-state index contributed by atoms with van der Waals surface area (Å²) in [5.74, 6) is 0.529. The van der Waals surface area contributed by atoms with Crippen molar-refractivity contribution in [3.05, 3.63) is 26.2 Å². The van der Waals surface area contributed by atoms with Crippen molar-refractivity contribution in [1.29, 1.82) is 0 Å². The zero-order chi connectivity index (χ0) is 14.4. The first-order valence-corrected chi connectivity index (χ1v) is 8.09. The maximum atomic E-state index is 12.2. The highest BCUT2D eigenvalue weighted by Crippen LogP contribution is 2.39. The number of nitrogens with zero attached hydrogens (tertiary/aromatic N) is 1. The first-order valence-electron chi connectivity index (χ1n) is 6.52. The minimum Gasteiger partial charge on any atom is -0.351 e. The molecule has 6 heteroatoms. The topological polar surface area (TPSA) is 42.0 Å². The van der Waals surface area contributed by atoms with Gasteiger partial charge in [-0.15, -0.1) is 11.3 Å². The molecule has 0 unspecified atom stereocenters. The summed E-state index contributed by atoms with van der Waals surface area (Å²) in [7, 11) is 0. The Morgan fingerprint density at radius 2 is 2.05 bits per heavy atom. The van der Waals surface area contributed by atoms with Gasteiger partial charge in [-0.3, -0.25) is 4.79 Å². The molecule has 0 radical (unpaired) electrons. The van der Waals surface area contributed by atoms with E-state index in [0.29, 0.717) is 20.8 Å². The van der Waals surface area contributed by atoms with Gasteiger partial charge in [0.25, 0.3) is 5.91 Å². The van der Waals surface area contributed by atoms with Crippen molar-refractivity contribution >= 4 is 50.7 Å². The van der Waals surface area contributed by atoms with Crippen LogP contribution in [-0.2, 0) is 0 Å². The number of thiophene rings is 1. The summed E-state index contributed by atoms with van der Waals surface area (Å²) in [6, 6.07) is 0. The summed E-state index contributed by atoms with van der Waals surface area (Å²) in [5, 5.41) is 4.81. The van der Waals surface area contributed by atoms with E-state index in [1.807, 2.05) is 13.8 Å². The molecule has 1 saturated carbocycles. The Hall–Kier alpha value is -0.840. The standard InChI is InChI=1S/C14H14Cl2N2OS/c1-6-9-11(16)12(13(19)17-5-8-3-4-8)20-14(9)18-7(2)10(6)15/h8H,3-5H2,1-2H3,(H,17,19). The van der Waals surface area contributed by atoms with E-state index in [4.69, 9.17) is 23.2 Å². The quantitative estimate of drug-likeness (QED) is 0.909. The van der Waals surface area contributed by atoms with E-state index >= 15 is 0 Å². The van der Waals surface area contributed by atoms with Crippen LogP contribution in [0.4, 0.5) is 0 Å². The average molecular weight is 329 g/mol. The summed E-state index contributed by atoms with van der Waals surface area (Å²) in [6.07, 6.45) is 2.41. The predicted molar refractivity (Wildman–Crippen MR) is 84.2 cm³/mol. The van der Waals surface area contributed by atoms with Gasteiger partial charge in [-0.1, -0.05) is 23.2 Å². The zero-order valence-electron chi connectivity index (χ0n) is 11.2. The largest absolute Gasteiger partial charge is 0.351 e. The first kappa shape index (κ1) is 14.1. The molecule has 3 nitrogen and oxygen atoms in total. The number of carbonyl (C=O) groups excluding carboxylic acids is 1. The lowest BCUT2D eigenvalue weighted by Gasteiger charge is -2.03. The fourth-order valence-corrected chi connectivity index (χ4v) is 3.89. The molecule has 1 aliphatic carbocycles. The van der Waals surface area contributed by atoms with Crippen molar-refractivity contribution < 1.29 is 4.79 Å². The maximum Gasteiger partial charge on any atom is 0.262 e. The number of nitrogens with one attached hydrogen (secondary N) is 1. The number of hydrogen-bond donors (Lipinski definition) is 1. The molecule has 20 heavy (non-hydrogen) atoms. The first-order chi connectivity index (χ1) is 9.49. The monoisotopic (exact) mass is 328 g/mol. The van der Waals surface area contributed by atoms with Crippen LogP contribution in [0, 0.1) is 19.8 Å². The number of pyridine rings is 1. The summed E-state index contributed by atoms with van der Waals surface area (Å²) >= 11 is 13.9. The molecule has 3 rings (SSSR count). The lowest BCUT2D eigenvalue weighted by atomic mass is 10.1. The second-order valence-electron chi connectivity index (χ2n) is 5.21. The lowest BCUT2D eigenvalue weighted by Crippen LogP contribution is -2.24. The molecule has 106 valence electrons. The number of carbonyl (C=O) groups is 1. The van der Waals surface area contributed by atoms with E-state index in [0.717, 1.165) is 28.0 Å². The van der Waals surface area contributed by atoms with Gasteiger partial charge in [0.05, 0.1) is 15.7 Å². The molecular weight excluding hydrogens is 315 g/mol. The van der Waals surface area contributed by atoms with Crippen molar-refractivity contribution in [3.63, 3.8) is 0 Å². The minimum atomic E-state index is -0.113. The van der Waals surface area contributed by atoms with Crippen molar-refractivity contribution in [1.82, 2.24) is 10.3 Å². The number of amides is 1. The Morgan fingerprint density at radius 3 is 2.70 bits per heavy atom. The molecule has 0 aromatic carbocycles. The Kier molecular flexibility index (Phi) is 3.65. The van der Waals surface area contributed by atoms with Gasteiger partial charge in [-0.2, -0.15) is 0 Å². The van der Waals surface area contributed by atoms with Crippen molar-refractivity contribution in [2.75, 3.05) is 6.54 Å². The summed E-state index contributed by atoms with van der Waals surface area (Å²) in [4.78, 5) is 17.9. The third-order valence-electron chi connectivity index (χ3n) is 3.58. The predicted octanol–water partition coefficient (Wildman–Crippen LogP) is 4.36. The van der Waals surface area contributed by atoms with Crippen LogP contribution in [0.2, 0.25) is 10.0 Å². The molecule has 0 spiro atoms. The summed E-state index contributed by atoms with van der Waals surface area (Å²) in [5.41, 5.74) is 1.65. The smallest absolute Gasteiger partial charge is 0.262 e. The molecule has 0 atom stereocenters. The van der Waals surface area contributed by atoms with Crippen LogP contribution in [0.15, 0.2) is 0 Å². The van der Waals surface area contributed by atoms with Crippen LogP contribution < -0.4 is 5.32 Å². The highest BCUT2D eigenvalue weighted by molar-refractivity contribution is 7.21. The SMILES string of the molecule is Cc1nc2sc(C(=O)NCC3CC3)c(Cl)c2c(C)c1Cl. The van der Waals surface area contributed by atoms with Crippen LogP contribution in [-0.4, -0.2) is 17.4 Å². The zero-order valence-corrected chi connectivity index (χ0v) is 13.5. The van der Waals surface area contributed by atoms with Crippen LogP contribution in [0.25, 0.3) is 10.2 Å². The van der Waals surface area contributed by atoms with Gasteiger partial charge in [0, 0.05) is 11.9 Å². The Bertz CT molecular complexity index is 707. The highest BCUT2D eigenvalue weighted by Gasteiger charge is 2.25. The number of aromatic nitrogens is 1. The summed E-state index contributed by atoms with van der Waals surface area (Å²) < 4.78 is 0. The molecule has 0 aliphatic heterocycles. The van der Waals surface area contributed by atoms with Crippen LogP contribution in [0.3, 0.4) is 0 Å². The molecule has 1 N–H and O–H groups in total. The number of halogens is 2. The minimum absolute atomic E-state index is 0.113. The van der Waals surface area contributed by atoms with Gasteiger partial charge in [0.1, 0.15) is 9.71 Å². The van der Waals surface area contributed by atoms with Crippen molar-refractivity contribution in [2.24, 2.45) is 5.92 Å². The molecular formula is C14H14Cl2N2OS. The van der Waals surface area contributed by atoms with Gasteiger partial charge in [0.15, 0.2) is 0 Å². The number of fused-ring (bicyclic) bond motifs is 1. The van der Waals surface area contributed by atoms with E-state index < -0.39 is 0 Å².